The number of hydrogen-bond acceptors (Lipinski definition) is 5. The molecule has 3 aromatic rings. The number of hydrogen-bond donors (Lipinski definition) is 1. The molecule has 0 aliphatic rings. The van der Waals surface area contributed by atoms with E-state index in [1.165, 1.54) is 13.2 Å². The van der Waals surface area contributed by atoms with Crippen LogP contribution in [0.15, 0.2) is 36.7 Å². The van der Waals surface area contributed by atoms with Gasteiger partial charge in [-0.3, -0.25) is 10.1 Å². The lowest BCUT2D eigenvalue weighted by molar-refractivity contribution is -0.138. The van der Waals surface area contributed by atoms with Gasteiger partial charge in [-0.2, -0.15) is 13.2 Å². The molecule has 0 saturated heterocycles. The summed E-state index contributed by atoms with van der Waals surface area (Å²) in [6.07, 6.45) is -1.10. The van der Waals surface area contributed by atoms with Gasteiger partial charge in [-0.15, -0.1) is 10.2 Å². The monoisotopic (exact) mass is 402 g/mol. The van der Waals surface area contributed by atoms with Crippen molar-refractivity contribution >= 4 is 34.0 Å². The summed E-state index contributed by atoms with van der Waals surface area (Å²) in [7, 11) is 1.37. The van der Waals surface area contributed by atoms with Gasteiger partial charge in [0, 0.05) is 18.5 Å². The molecule has 0 saturated carbocycles. The van der Waals surface area contributed by atoms with E-state index in [0.29, 0.717) is 5.69 Å². The Morgan fingerprint density at radius 2 is 1.96 bits per heavy atom. The molecule has 2 aromatic heterocycles. The fourth-order valence-electron chi connectivity index (χ4n) is 2.13. The normalized spacial score (nSPS) is 11.4. The third-order valence-corrected chi connectivity index (χ3v) is 4.47. The smallest absolute Gasteiger partial charge is 0.445 e. The summed E-state index contributed by atoms with van der Waals surface area (Å²) in [4.78, 5) is 12.4. The van der Waals surface area contributed by atoms with Gasteiger partial charge in [-0.05, 0) is 18.2 Å². The van der Waals surface area contributed by atoms with E-state index in [1.54, 1.807) is 35.2 Å². The molecule has 11 heteroatoms. The number of amides is 1. The minimum absolute atomic E-state index is 0.0529. The molecule has 136 valence electrons. The van der Waals surface area contributed by atoms with Crippen LogP contribution < -0.4 is 10.1 Å². The summed E-state index contributed by atoms with van der Waals surface area (Å²) in [5, 5.41) is 7.43. The minimum Gasteiger partial charge on any atom is -0.496 e. The second-order valence-corrected chi connectivity index (χ2v) is 6.34. The summed E-state index contributed by atoms with van der Waals surface area (Å²) in [5.74, 6) is -0.510. The largest absolute Gasteiger partial charge is 0.496 e. The maximum absolute atomic E-state index is 12.6. The van der Waals surface area contributed by atoms with Gasteiger partial charge in [-0.1, -0.05) is 22.9 Å². The summed E-state index contributed by atoms with van der Waals surface area (Å²) in [6, 6.07) is 6.53. The first kappa shape index (κ1) is 18.2. The molecule has 1 aromatic carbocycles. The maximum Gasteiger partial charge on any atom is 0.445 e. The molecule has 3 rings (SSSR count). The zero-order valence-corrected chi connectivity index (χ0v) is 14.6. The molecule has 6 nitrogen and oxygen atoms in total. The first-order valence-electron chi connectivity index (χ1n) is 7.02. The van der Waals surface area contributed by atoms with E-state index < -0.39 is 17.1 Å². The molecule has 0 fully saturated rings. The molecule has 1 amide bonds. The van der Waals surface area contributed by atoms with Crippen molar-refractivity contribution in [3.63, 3.8) is 0 Å². The van der Waals surface area contributed by atoms with Gasteiger partial charge in [-0.25, -0.2) is 0 Å². The summed E-state index contributed by atoms with van der Waals surface area (Å²) < 4.78 is 44.6. The van der Waals surface area contributed by atoms with Gasteiger partial charge in [0.1, 0.15) is 5.75 Å². The van der Waals surface area contributed by atoms with Crippen LogP contribution in [0.3, 0.4) is 0 Å². The minimum atomic E-state index is -4.62. The fourth-order valence-corrected chi connectivity index (χ4v) is 3.00. The average Bonchev–Trinajstić information content (AvgIpc) is 3.25. The predicted molar refractivity (Wildman–Crippen MR) is 90.2 cm³/mol. The quantitative estimate of drug-likeness (QED) is 0.708. The van der Waals surface area contributed by atoms with Crippen LogP contribution in [-0.2, 0) is 6.18 Å². The van der Waals surface area contributed by atoms with Crippen LogP contribution in [0.25, 0.3) is 5.69 Å². The Bertz CT molecular complexity index is 941. The molecule has 0 unspecified atom stereocenters. The Kier molecular flexibility index (Phi) is 4.88. The maximum atomic E-state index is 12.6. The Hall–Kier alpha value is -2.59. The van der Waals surface area contributed by atoms with E-state index >= 15 is 0 Å². The standard InChI is InChI=1S/C15H10ClF3N4O2S/c1-25-11-7-10(23-4-2-3-5-23)9(16)6-8(11)12(24)20-14-22-21-13(26-14)15(17,18)19/h2-7H,1H3,(H,20,22,24). The van der Waals surface area contributed by atoms with Gasteiger partial charge in [0.15, 0.2) is 0 Å². The van der Waals surface area contributed by atoms with Gasteiger partial charge in [0.25, 0.3) is 5.91 Å². The first-order chi connectivity index (χ1) is 12.3. The van der Waals surface area contributed by atoms with Gasteiger partial charge in [0.05, 0.1) is 23.4 Å². The summed E-state index contributed by atoms with van der Waals surface area (Å²) in [6.45, 7) is 0. The third kappa shape index (κ3) is 3.65. The molecule has 1 N–H and O–H groups in total. The van der Waals surface area contributed by atoms with E-state index in [0.717, 1.165) is 0 Å². The zero-order chi connectivity index (χ0) is 18.9. The topological polar surface area (TPSA) is 69.0 Å². The number of nitrogens with one attached hydrogen (secondary N) is 1. The predicted octanol–water partition coefficient (Wildman–Crippen LogP) is 4.26. The number of nitrogens with zero attached hydrogens (tertiary/aromatic N) is 3. The molecule has 0 aliphatic heterocycles. The number of alkyl halides is 3. The lowest BCUT2D eigenvalue weighted by atomic mass is 10.1. The van der Waals surface area contributed by atoms with Crippen LogP contribution in [0.2, 0.25) is 5.02 Å². The molecular formula is C15H10ClF3N4O2S. The average molecular weight is 403 g/mol. The Morgan fingerprint density at radius 3 is 2.54 bits per heavy atom. The zero-order valence-electron chi connectivity index (χ0n) is 13.0. The molecular weight excluding hydrogens is 393 g/mol. The van der Waals surface area contributed by atoms with Gasteiger partial charge in [0.2, 0.25) is 10.1 Å². The number of carbonyl (C=O) groups is 1. The van der Waals surface area contributed by atoms with Gasteiger partial charge < -0.3 is 9.30 Å². The van der Waals surface area contributed by atoms with Crippen molar-refractivity contribution in [2.45, 2.75) is 6.18 Å². The van der Waals surface area contributed by atoms with Crippen molar-refractivity contribution < 1.29 is 22.7 Å². The van der Waals surface area contributed by atoms with Crippen LogP contribution in [0.4, 0.5) is 18.3 Å². The van der Waals surface area contributed by atoms with E-state index in [4.69, 9.17) is 16.3 Å². The van der Waals surface area contributed by atoms with Gasteiger partial charge >= 0.3 is 6.18 Å². The van der Waals surface area contributed by atoms with Crippen molar-refractivity contribution in [3.8, 4) is 11.4 Å². The van der Waals surface area contributed by atoms with E-state index in [1.807, 2.05) is 0 Å². The highest BCUT2D eigenvalue weighted by Gasteiger charge is 2.36. The van der Waals surface area contributed by atoms with Crippen molar-refractivity contribution in [1.29, 1.82) is 0 Å². The number of rotatable bonds is 4. The van der Waals surface area contributed by atoms with E-state index in [2.05, 4.69) is 15.5 Å². The number of halogens is 4. The third-order valence-electron chi connectivity index (χ3n) is 3.28. The van der Waals surface area contributed by atoms with Crippen LogP contribution in [0.5, 0.6) is 5.75 Å². The second-order valence-electron chi connectivity index (χ2n) is 4.96. The number of benzene rings is 1. The molecule has 0 aliphatic carbocycles. The number of carbonyl (C=O) groups excluding carboxylic acids is 1. The number of ether oxygens (including phenoxy) is 1. The summed E-state index contributed by atoms with van der Waals surface area (Å²) >= 11 is 6.45. The number of anilines is 1. The van der Waals surface area contributed by atoms with E-state index in [9.17, 15) is 18.0 Å². The summed E-state index contributed by atoms with van der Waals surface area (Å²) in [5.41, 5.74) is 0.637. The fraction of sp³-hybridized carbons (Fsp3) is 0.133. The molecule has 0 spiro atoms. The molecule has 0 radical (unpaired) electrons. The SMILES string of the molecule is COc1cc(-n2cccc2)c(Cl)cc1C(=O)Nc1nnc(C(F)(F)F)s1. The van der Waals surface area contributed by atoms with Crippen LogP contribution in [0, 0.1) is 0 Å². The van der Waals surface area contributed by atoms with Crippen molar-refractivity contribution in [3.05, 3.63) is 52.3 Å². The molecule has 0 atom stereocenters. The van der Waals surface area contributed by atoms with Crippen LogP contribution in [0.1, 0.15) is 15.4 Å². The first-order valence-corrected chi connectivity index (χ1v) is 8.22. The van der Waals surface area contributed by atoms with E-state index in [-0.39, 0.29) is 32.8 Å². The second kappa shape index (κ2) is 6.96. The van der Waals surface area contributed by atoms with Crippen LogP contribution in [-0.4, -0.2) is 27.8 Å². The Balaban J connectivity index is 1.89. The lowest BCUT2D eigenvalue weighted by Crippen LogP contribution is -2.13. The molecule has 0 bridgehead atoms. The van der Waals surface area contributed by atoms with Crippen molar-refractivity contribution in [1.82, 2.24) is 14.8 Å². The highest BCUT2D eigenvalue weighted by Crippen LogP contribution is 2.34. The highest BCUT2D eigenvalue weighted by atomic mass is 35.5. The molecule has 26 heavy (non-hydrogen) atoms. The van der Waals surface area contributed by atoms with Crippen LogP contribution >= 0.6 is 22.9 Å². The number of aromatic nitrogens is 3. The lowest BCUT2D eigenvalue weighted by Gasteiger charge is -2.13. The van der Waals surface area contributed by atoms with Crippen molar-refractivity contribution in [2.24, 2.45) is 0 Å². The number of methoxy groups -OCH3 is 1. The Morgan fingerprint density at radius 1 is 1.27 bits per heavy atom. The molecule has 2 heterocycles. The highest BCUT2D eigenvalue weighted by molar-refractivity contribution is 7.15. The van der Waals surface area contributed by atoms with Crippen molar-refractivity contribution in [2.75, 3.05) is 12.4 Å². The Labute approximate surface area is 154 Å².